The lowest BCUT2D eigenvalue weighted by Crippen LogP contribution is -2.13. The smallest absolute Gasteiger partial charge is 0.434 e. The summed E-state index contributed by atoms with van der Waals surface area (Å²) in [5.74, 6) is -2.20. The molecule has 9 heteroatoms. The monoisotopic (exact) mass is 348 g/mol. The summed E-state index contributed by atoms with van der Waals surface area (Å²) in [5, 5.41) is 3.23. The van der Waals surface area contributed by atoms with Gasteiger partial charge in [-0.3, -0.25) is 4.79 Å². The van der Waals surface area contributed by atoms with Crippen LogP contribution in [0.15, 0.2) is 23.6 Å². The molecule has 1 unspecified atom stereocenters. The molecule has 2 aromatic rings. The minimum Gasteiger partial charge on any atom is -0.469 e. The Morgan fingerprint density at radius 1 is 1.39 bits per heavy atom. The van der Waals surface area contributed by atoms with E-state index in [2.05, 4.69) is 15.0 Å². The van der Waals surface area contributed by atoms with Gasteiger partial charge in [-0.05, 0) is 13.0 Å². The van der Waals surface area contributed by atoms with E-state index < -0.39 is 29.6 Å². The number of carbonyl (C=O) groups excluding carboxylic acids is 1. The summed E-state index contributed by atoms with van der Waals surface area (Å²) in [5.41, 5.74) is -1.04. The first-order valence-corrected chi connectivity index (χ1v) is 7.28. The van der Waals surface area contributed by atoms with Gasteiger partial charge in [-0.25, -0.2) is 9.37 Å². The van der Waals surface area contributed by atoms with E-state index in [0.717, 1.165) is 5.38 Å². The first-order valence-electron chi connectivity index (χ1n) is 6.40. The number of esters is 1. The van der Waals surface area contributed by atoms with Crippen LogP contribution in [0.3, 0.4) is 0 Å². The van der Waals surface area contributed by atoms with Gasteiger partial charge in [0.1, 0.15) is 0 Å². The molecule has 0 spiro atoms. The van der Waals surface area contributed by atoms with E-state index in [1.165, 1.54) is 32.2 Å². The van der Waals surface area contributed by atoms with Crippen LogP contribution in [0.5, 0.6) is 0 Å². The Bertz CT molecular complexity index is 715. The van der Waals surface area contributed by atoms with Crippen molar-refractivity contribution in [3.63, 3.8) is 0 Å². The van der Waals surface area contributed by atoms with Crippen LogP contribution in [0.25, 0.3) is 0 Å². The predicted molar refractivity (Wildman–Crippen MR) is 77.2 cm³/mol. The Labute approximate surface area is 133 Å². The molecule has 0 saturated carbocycles. The summed E-state index contributed by atoms with van der Waals surface area (Å²) in [4.78, 5) is 14.9. The Morgan fingerprint density at radius 2 is 2.09 bits per heavy atom. The maximum atomic E-state index is 14.4. The fraction of sp³-hybridized carbons (Fsp3) is 0.286. The van der Waals surface area contributed by atoms with Crippen molar-refractivity contribution in [2.75, 3.05) is 12.4 Å². The molecule has 0 aliphatic rings. The summed E-state index contributed by atoms with van der Waals surface area (Å²) in [6, 6.07) is 4.24. The summed E-state index contributed by atoms with van der Waals surface area (Å²) in [6.07, 6.45) is -4.56. The highest BCUT2D eigenvalue weighted by Gasteiger charge is 2.33. The van der Waals surface area contributed by atoms with Gasteiger partial charge >= 0.3 is 12.1 Å². The summed E-state index contributed by atoms with van der Waals surface area (Å²) in [7, 11) is 1.19. The molecule has 0 amide bonds. The number of alkyl halides is 3. The van der Waals surface area contributed by atoms with Crippen molar-refractivity contribution < 1.29 is 27.1 Å². The second kappa shape index (κ2) is 6.53. The lowest BCUT2D eigenvalue weighted by atomic mass is 10.00. The van der Waals surface area contributed by atoms with Gasteiger partial charge < -0.3 is 10.1 Å². The molecule has 1 aromatic carbocycles. The number of nitrogens with zero attached hydrogens (tertiary/aromatic N) is 1. The zero-order valence-electron chi connectivity index (χ0n) is 12.1. The van der Waals surface area contributed by atoms with Gasteiger partial charge in [0.15, 0.2) is 16.6 Å². The van der Waals surface area contributed by atoms with E-state index in [0.29, 0.717) is 11.3 Å². The van der Waals surface area contributed by atoms with Crippen LogP contribution < -0.4 is 5.32 Å². The first kappa shape index (κ1) is 17.2. The molecule has 0 radical (unpaired) electrons. The Kier molecular flexibility index (Phi) is 4.88. The van der Waals surface area contributed by atoms with Crippen molar-refractivity contribution in [2.24, 2.45) is 0 Å². The molecule has 23 heavy (non-hydrogen) atoms. The number of benzene rings is 1. The van der Waals surface area contributed by atoms with E-state index in [1.54, 1.807) is 0 Å². The standard InChI is InChI=1S/C14H12F4N2O2S/c1-7(12(21)22-2)8-4-3-5-9(11(8)15)19-13-20-10(6-23-13)14(16,17)18/h3-7H,1-2H3,(H,19,20). The normalized spacial score (nSPS) is 12.8. The van der Waals surface area contributed by atoms with Crippen molar-refractivity contribution in [3.05, 3.63) is 40.7 Å². The average molecular weight is 348 g/mol. The average Bonchev–Trinajstić information content (AvgIpc) is 2.96. The van der Waals surface area contributed by atoms with Crippen molar-refractivity contribution in [2.45, 2.75) is 19.0 Å². The highest BCUT2D eigenvalue weighted by atomic mass is 32.1. The maximum Gasteiger partial charge on any atom is 0.434 e. The Balaban J connectivity index is 2.28. The molecular weight excluding hydrogens is 336 g/mol. The van der Waals surface area contributed by atoms with Gasteiger partial charge in [0.25, 0.3) is 0 Å². The first-order chi connectivity index (χ1) is 10.7. The fourth-order valence-corrected chi connectivity index (χ4v) is 2.59. The van der Waals surface area contributed by atoms with Gasteiger partial charge in [0.05, 0.1) is 18.7 Å². The molecular formula is C14H12F4N2O2S. The topological polar surface area (TPSA) is 51.2 Å². The molecule has 1 heterocycles. The van der Waals surface area contributed by atoms with Gasteiger partial charge in [0.2, 0.25) is 0 Å². The minimum atomic E-state index is -4.56. The molecule has 4 nitrogen and oxygen atoms in total. The molecule has 1 aromatic heterocycles. The minimum absolute atomic E-state index is 0.0682. The number of ether oxygens (including phenoxy) is 1. The predicted octanol–water partition coefficient (Wildman–Crippen LogP) is 4.32. The number of hydrogen-bond acceptors (Lipinski definition) is 5. The number of methoxy groups -OCH3 is 1. The van der Waals surface area contributed by atoms with Crippen LogP contribution in [-0.2, 0) is 15.7 Å². The number of rotatable bonds is 4. The molecule has 0 fully saturated rings. The second-order valence-electron chi connectivity index (χ2n) is 4.61. The number of nitrogens with one attached hydrogen (secondary N) is 1. The highest BCUT2D eigenvalue weighted by Crippen LogP contribution is 2.34. The van der Waals surface area contributed by atoms with Crippen LogP contribution >= 0.6 is 11.3 Å². The highest BCUT2D eigenvalue weighted by molar-refractivity contribution is 7.13. The van der Waals surface area contributed by atoms with Crippen LogP contribution in [0.1, 0.15) is 24.1 Å². The number of carbonyl (C=O) groups is 1. The van der Waals surface area contributed by atoms with E-state index in [9.17, 15) is 22.4 Å². The Hall–Kier alpha value is -2.16. The fourth-order valence-electron chi connectivity index (χ4n) is 1.86. The summed E-state index contributed by atoms with van der Waals surface area (Å²) >= 11 is 0.705. The largest absolute Gasteiger partial charge is 0.469 e. The van der Waals surface area contributed by atoms with Crippen molar-refractivity contribution >= 4 is 28.1 Å². The SMILES string of the molecule is COC(=O)C(C)c1cccc(Nc2nc(C(F)(F)F)cs2)c1F. The third-order valence-corrected chi connectivity index (χ3v) is 3.84. The quantitative estimate of drug-likeness (QED) is 0.660. The van der Waals surface area contributed by atoms with Gasteiger partial charge in [-0.1, -0.05) is 12.1 Å². The van der Waals surface area contributed by atoms with Gasteiger partial charge in [0, 0.05) is 10.9 Å². The van der Waals surface area contributed by atoms with Crippen LogP contribution in [0, 0.1) is 5.82 Å². The van der Waals surface area contributed by atoms with Crippen molar-refractivity contribution in [1.82, 2.24) is 4.98 Å². The molecule has 1 N–H and O–H groups in total. The molecule has 0 bridgehead atoms. The van der Waals surface area contributed by atoms with E-state index in [-0.39, 0.29) is 16.4 Å². The maximum absolute atomic E-state index is 14.4. The van der Waals surface area contributed by atoms with Crippen LogP contribution in [0.4, 0.5) is 28.4 Å². The Morgan fingerprint density at radius 3 is 2.65 bits per heavy atom. The molecule has 1 atom stereocenters. The number of thiazole rings is 1. The van der Waals surface area contributed by atoms with Crippen LogP contribution in [-0.4, -0.2) is 18.1 Å². The van der Waals surface area contributed by atoms with Gasteiger partial charge in [-0.2, -0.15) is 13.2 Å². The third-order valence-electron chi connectivity index (χ3n) is 3.09. The molecule has 0 aliphatic carbocycles. The third kappa shape index (κ3) is 3.79. The van der Waals surface area contributed by atoms with Gasteiger partial charge in [-0.15, -0.1) is 11.3 Å². The lowest BCUT2D eigenvalue weighted by molar-refractivity contribution is -0.142. The molecule has 0 saturated heterocycles. The van der Waals surface area contributed by atoms with Crippen LogP contribution in [0.2, 0.25) is 0 Å². The molecule has 124 valence electrons. The zero-order valence-corrected chi connectivity index (χ0v) is 12.9. The second-order valence-corrected chi connectivity index (χ2v) is 5.47. The van der Waals surface area contributed by atoms with E-state index in [1.807, 2.05) is 0 Å². The molecule has 0 aliphatic heterocycles. The lowest BCUT2D eigenvalue weighted by Gasteiger charge is -2.13. The van der Waals surface area contributed by atoms with E-state index in [4.69, 9.17) is 0 Å². The number of aromatic nitrogens is 1. The summed E-state index contributed by atoms with van der Waals surface area (Å²) < 4.78 is 56.5. The molecule has 2 rings (SSSR count). The number of anilines is 2. The van der Waals surface area contributed by atoms with Crippen molar-refractivity contribution in [1.29, 1.82) is 0 Å². The zero-order chi connectivity index (χ0) is 17.2. The number of hydrogen-bond donors (Lipinski definition) is 1. The summed E-state index contributed by atoms with van der Waals surface area (Å²) in [6.45, 7) is 1.47. The van der Waals surface area contributed by atoms with E-state index >= 15 is 0 Å². The van der Waals surface area contributed by atoms with Crippen molar-refractivity contribution in [3.8, 4) is 0 Å². The number of halogens is 4.